The van der Waals surface area contributed by atoms with Crippen LogP contribution in [-0.2, 0) is 0 Å². The number of benzene rings is 1. The molecule has 0 aliphatic heterocycles. The molecule has 5 heteroatoms. The van der Waals surface area contributed by atoms with E-state index in [-0.39, 0.29) is 6.04 Å². The minimum atomic E-state index is -0.312. The van der Waals surface area contributed by atoms with Crippen molar-refractivity contribution >= 4 is 0 Å². The van der Waals surface area contributed by atoms with E-state index in [1.54, 1.807) is 6.20 Å². The van der Waals surface area contributed by atoms with Crippen LogP contribution < -0.4 is 15.2 Å². The number of nitrogens with zero attached hydrogens (tertiary/aromatic N) is 2. The number of aromatic nitrogens is 2. The van der Waals surface area contributed by atoms with Gasteiger partial charge in [0.25, 0.3) is 0 Å². The van der Waals surface area contributed by atoms with Crippen molar-refractivity contribution < 1.29 is 9.47 Å². The molecule has 0 radical (unpaired) electrons. The molecule has 106 valence electrons. The molecule has 5 nitrogen and oxygen atoms in total. The molecule has 0 amide bonds. The molecule has 20 heavy (non-hydrogen) atoms. The van der Waals surface area contributed by atoms with Crippen molar-refractivity contribution in [2.45, 2.75) is 19.9 Å². The maximum atomic E-state index is 6.22. The zero-order chi connectivity index (χ0) is 14.4. The van der Waals surface area contributed by atoms with E-state index in [0.717, 1.165) is 17.0 Å². The third-order valence-corrected chi connectivity index (χ3v) is 2.85. The highest BCUT2D eigenvalue weighted by Gasteiger charge is 2.13. The van der Waals surface area contributed by atoms with Crippen LogP contribution in [0, 0.1) is 0 Å². The summed E-state index contributed by atoms with van der Waals surface area (Å²) in [6.07, 6.45) is 3.17. The van der Waals surface area contributed by atoms with Gasteiger partial charge in [-0.3, -0.25) is 0 Å². The maximum Gasteiger partial charge on any atom is 0.161 e. The van der Waals surface area contributed by atoms with Crippen molar-refractivity contribution in [3.63, 3.8) is 0 Å². The van der Waals surface area contributed by atoms with Gasteiger partial charge in [-0.05, 0) is 37.6 Å². The van der Waals surface area contributed by atoms with Gasteiger partial charge in [0, 0.05) is 6.20 Å². The molecule has 0 aliphatic rings. The molecule has 1 atom stereocenters. The van der Waals surface area contributed by atoms with Gasteiger partial charge >= 0.3 is 0 Å². The Morgan fingerprint density at radius 3 is 2.50 bits per heavy atom. The second-order valence-electron chi connectivity index (χ2n) is 4.18. The lowest BCUT2D eigenvalue weighted by molar-refractivity contribution is 0.287. The Labute approximate surface area is 118 Å². The van der Waals surface area contributed by atoms with Crippen LogP contribution in [0.5, 0.6) is 11.5 Å². The van der Waals surface area contributed by atoms with Crippen LogP contribution in [-0.4, -0.2) is 23.2 Å². The second kappa shape index (κ2) is 6.86. The molecule has 1 aromatic heterocycles. The molecule has 1 aromatic carbocycles. The molecule has 0 aliphatic carbocycles. The highest BCUT2D eigenvalue weighted by atomic mass is 16.5. The zero-order valence-electron chi connectivity index (χ0n) is 11.7. The van der Waals surface area contributed by atoms with E-state index >= 15 is 0 Å². The average Bonchev–Trinajstić information content (AvgIpc) is 2.50. The first kappa shape index (κ1) is 14.3. The van der Waals surface area contributed by atoms with Crippen LogP contribution in [0.1, 0.15) is 31.1 Å². The summed E-state index contributed by atoms with van der Waals surface area (Å²) < 4.78 is 11.1. The van der Waals surface area contributed by atoms with Gasteiger partial charge in [-0.25, -0.2) is 9.97 Å². The van der Waals surface area contributed by atoms with Crippen molar-refractivity contribution in [2.24, 2.45) is 5.73 Å². The van der Waals surface area contributed by atoms with Gasteiger partial charge in [0.05, 0.1) is 24.9 Å². The topological polar surface area (TPSA) is 70.3 Å². The Hall–Kier alpha value is -2.14. The van der Waals surface area contributed by atoms with E-state index in [1.165, 1.54) is 6.33 Å². The summed E-state index contributed by atoms with van der Waals surface area (Å²) in [5.74, 6) is 1.43. The van der Waals surface area contributed by atoms with Crippen LogP contribution in [0.25, 0.3) is 0 Å². The molecule has 0 fully saturated rings. The first-order valence-electron chi connectivity index (χ1n) is 6.67. The lowest BCUT2D eigenvalue weighted by Gasteiger charge is -2.15. The van der Waals surface area contributed by atoms with E-state index in [2.05, 4.69) is 9.97 Å². The molecule has 2 aromatic rings. The molecular weight excluding hydrogens is 254 g/mol. The SMILES string of the molecule is CCOc1ccc(C(N)c2ccncn2)cc1OCC. The standard InChI is InChI=1S/C15H19N3O2/c1-3-19-13-6-5-11(9-14(13)20-4-2)15(16)12-7-8-17-10-18-12/h5-10,15H,3-4,16H2,1-2H3. The summed E-state index contributed by atoms with van der Waals surface area (Å²) in [6, 6.07) is 7.21. The summed E-state index contributed by atoms with van der Waals surface area (Å²) in [6.45, 7) is 5.05. The molecule has 2 N–H and O–H groups in total. The van der Waals surface area contributed by atoms with Gasteiger partial charge in [-0.15, -0.1) is 0 Å². The third kappa shape index (κ3) is 3.24. The van der Waals surface area contributed by atoms with E-state index in [9.17, 15) is 0 Å². The quantitative estimate of drug-likeness (QED) is 0.874. The molecule has 0 saturated heterocycles. The largest absolute Gasteiger partial charge is 0.490 e. The number of hydrogen-bond acceptors (Lipinski definition) is 5. The summed E-state index contributed by atoms with van der Waals surface area (Å²) in [4.78, 5) is 8.08. The van der Waals surface area contributed by atoms with Gasteiger partial charge < -0.3 is 15.2 Å². The van der Waals surface area contributed by atoms with E-state index in [1.807, 2.05) is 38.1 Å². The first-order chi connectivity index (χ1) is 9.76. The highest BCUT2D eigenvalue weighted by Crippen LogP contribution is 2.31. The number of nitrogens with two attached hydrogens (primary N) is 1. The van der Waals surface area contributed by atoms with Crippen LogP contribution in [0.3, 0.4) is 0 Å². The van der Waals surface area contributed by atoms with Gasteiger partial charge in [-0.2, -0.15) is 0 Å². The number of ether oxygens (including phenoxy) is 2. The summed E-state index contributed by atoms with van der Waals surface area (Å²) >= 11 is 0. The monoisotopic (exact) mass is 273 g/mol. The van der Waals surface area contributed by atoms with E-state index in [4.69, 9.17) is 15.2 Å². The zero-order valence-corrected chi connectivity index (χ0v) is 11.7. The Morgan fingerprint density at radius 1 is 1.10 bits per heavy atom. The predicted molar refractivity (Wildman–Crippen MR) is 76.8 cm³/mol. The highest BCUT2D eigenvalue weighted by molar-refractivity contribution is 5.45. The second-order valence-corrected chi connectivity index (χ2v) is 4.18. The fourth-order valence-corrected chi connectivity index (χ4v) is 1.92. The number of hydrogen-bond donors (Lipinski definition) is 1. The molecular formula is C15H19N3O2. The smallest absolute Gasteiger partial charge is 0.161 e. The minimum absolute atomic E-state index is 0.312. The van der Waals surface area contributed by atoms with Gasteiger partial charge in [-0.1, -0.05) is 6.07 Å². The molecule has 0 spiro atoms. The maximum absolute atomic E-state index is 6.22. The predicted octanol–water partition coefficient (Wildman–Crippen LogP) is 2.32. The molecule has 0 bridgehead atoms. The van der Waals surface area contributed by atoms with E-state index in [0.29, 0.717) is 19.0 Å². The third-order valence-electron chi connectivity index (χ3n) is 2.85. The number of rotatable bonds is 6. The van der Waals surface area contributed by atoms with Crippen molar-refractivity contribution in [3.05, 3.63) is 48.0 Å². The van der Waals surface area contributed by atoms with Crippen LogP contribution in [0.2, 0.25) is 0 Å². The van der Waals surface area contributed by atoms with Gasteiger partial charge in [0.15, 0.2) is 11.5 Å². The van der Waals surface area contributed by atoms with Crippen LogP contribution in [0.15, 0.2) is 36.8 Å². The van der Waals surface area contributed by atoms with Crippen molar-refractivity contribution in [1.29, 1.82) is 0 Å². The Kier molecular flexibility index (Phi) is 4.90. The minimum Gasteiger partial charge on any atom is -0.490 e. The average molecular weight is 273 g/mol. The first-order valence-corrected chi connectivity index (χ1v) is 6.67. The molecule has 1 heterocycles. The molecule has 1 unspecified atom stereocenters. The van der Waals surface area contributed by atoms with Crippen molar-refractivity contribution in [1.82, 2.24) is 9.97 Å². The van der Waals surface area contributed by atoms with E-state index < -0.39 is 0 Å². The van der Waals surface area contributed by atoms with Crippen LogP contribution >= 0.6 is 0 Å². The van der Waals surface area contributed by atoms with Gasteiger partial charge in [0.2, 0.25) is 0 Å². The summed E-state index contributed by atoms with van der Waals surface area (Å²) in [5.41, 5.74) is 7.92. The normalized spacial score (nSPS) is 11.9. The fourth-order valence-electron chi connectivity index (χ4n) is 1.92. The Balaban J connectivity index is 2.30. The molecule has 0 saturated carbocycles. The fraction of sp³-hybridized carbons (Fsp3) is 0.333. The lowest BCUT2D eigenvalue weighted by Crippen LogP contribution is -2.14. The van der Waals surface area contributed by atoms with Crippen LogP contribution in [0.4, 0.5) is 0 Å². The Morgan fingerprint density at radius 2 is 1.85 bits per heavy atom. The van der Waals surface area contributed by atoms with Gasteiger partial charge in [0.1, 0.15) is 6.33 Å². The molecule has 2 rings (SSSR count). The Bertz CT molecular complexity index is 546. The summed E-state index contributed by atoms with van der Waals surface area (Å²) in [5, 5.41) is 0. The lowest BCUT2D eigenvalue weighted by atomic mass is 10.0. The van der Waals surface area contributed by atoms with Crippen molar-refractivity contribution in [3.8, 4) is 11.5 Å². The van der Waals surface area contributed by atoms with Crippen molar-refractivity contribution in [2.75, 3.05) is 13.2 Å². The summed E-state index contributed by atoms with van der Waals surface area (Å²) in [7, 11) is 0.